The molecular formula is C22H25Cl2N7O. The molecule has 1 aromatic carbocycles. The number of benzene rings is 1. The average molecular weight is 474 g/mol. The van der Waals surface area contributed by atoms with Crippen LogP contribution in [0.3, 0.4) is 0 Å². The minimum Gasteiger partial charge on any atom is -0.390 e. The first-order chi connectivity index (χ1) is 15.0. The second-order valence-electron chi connectivity index (χ2n) is 8.74. The molecule has 8 nitrogen and oxygen atoms in total. The van der Waals surface area contributed by atoms with Gasteiger partial charge in [0.05, 0.1) is 17.1 Å². The summed E-state index contributed by atoms with van der Waals surface area (Å²) in [6.07, 6.45) is 7.93. The molecule has 168 valence electrons. The van der Waals surface area contributed by atoms with Crippen LogP contribution in [0.2, 0.25) is 5.02 Å². The number of nitrogens with zero attached hydrogens (tertiary/aromatic N) is 5. The molecule has 2 saturated heterocycles. The Morgan fingerprint density at radius 3 is 2.66 bits per heavy atom. The zero-order valence-corrected chi connectivity index (χ0v) is 19.2. The van der Waals surface area contributed by atoms with Crippen LogP contribution in [0.1, 0.15) is 31.4 Å². The highest BCUT2D eigenvalue weighted by molar-refractivity contribution is 6.38. The summed E-state index contributed by atoms with van der Waals surface area (Å²) in [5, 5.41) is 16.1. The van der Waals surface area contributed by atoms with E-state index in [4.69, 9.17) is 27.3 Å². The van der Waals surface area contributed by atoms with Gasteiger partial charge in [0.1, 0.15) is 11.2 Å². The largest absolute Gasteiger partial charge is 0.390 e. The molecule has 2 aliphatic heterocycles. The summed E-state index contributed by atoms with van der Waals surface area (Å²) < 4.78 is 1.75. The van der Waals surface area contributed by atoms with E-state index in [1.807, 2.05) is 31.6 Å². The maximum absolute atomic E-state index is 10.1. The molecular weight excluding hydrogens is 449 g/mol. The van der Waals surface area contributed by atoms with Crippen molar-refractivity contribution in [3.63, 3.8) is 0 Å². The normalized spacial score (nSPS) is 22.6. The van der Waals surface area contributed by atoms with Crippen molar-refractivity contribution < 1.29 is 5.11 Å². The number of hydrogen-bond donors (Lipinski definition) is 3. The SMILES string of the molecule is Cl.Cn1cc2c(Cl)c(-c3c[nH]c4nc(N5C6CCC5CC(N)C6)c(CO)nc34)ccc2n1. The molecule has 0 aliphatic carbocycles. The molecule has 6 rings (SSSR count). The molecule has 10 heteroatoms. The van der Waals surface area contributed by atoms with E-state index in [-0.39, 0.29) is 25.1 Å². The van der Waals surface area contributed by atoms with Crippen LogP contribution < -0.4 is 10.6 Å². The van der Waals surface area contributed by atoms with E-state index in [0.717, 1.165) is 53.5 Å². The monoisotopic (exact) mass is 473 g/mol. The molecule has 2 atom stereocenters. The van der Waals surface area contributed by atoms with Crippen LogP contribution in [0.4, 0.5) is 5.82 Å². The van der Waals surface area contributed by atoms with Gasteiger partial charge in [0, 0.05) is 54.1 Å². The summed E-state index contributed by atoms with van der Waals surface area (Å²) in [7, 11) is 1.88. The zero-order valence-electron chi connectivity index (χ0n) is 17.6. The van der Waals surface area contributed by atoms with Gasteiger partial charge in [-0.15, -0.1) is 12.4 Å². The lowest BCUT2D eigenvalue weighted by Crippen LogP contribution is -2.48. The Balaban J connectivity index is 0.00000216. The van der Waals surface area contributed by atoms with E-state index in [1.54, 1.807) is 4.68 Å². The summed E-state index contributed by atoms with van der Waals surface area (Å²) in [5.74, 6) is 0.775. The van der Waals surface area contributed by atoms with Gasteiger partial charge in [-0.1, -0.05) is 17.7 Å². The molecule has 0 spiro atoms. The lowest BCUT2D eigenvalue weighted by Gasteiger charge is -2.39. The van der Waals surface area contributed by atoms with Crippen molar-refractivity contribution in [3.05, 3.63) is 35.2 Å². The van der Waals surface area contributed by atoms with Gasteiger partial charge in [0.2, 0.25) is 0 Å². The van der Waals surface area contributed by atoms with E-state index in [2.05, 4.69) is 15.0 Å². The molecule has 3 aromatic heterocycles. The number of anilines is 1. The quantitative estimate of drug-likeness (QED) is 0.419. The van der Waals surface area contributed by atoms with Gasteiger partial charge in [-0.2, -0.15) is 5.10 Å². The molecule has 4 aromatic rings. The second-order valence-corrected chi connectivity index (χ2v) is 9.12. The van der Waals surface area contributed by atoms with Crippen LogP contribution in [0, 0.1) is 0 Å². The minimum absolute atomic E-state index is 0. The Morgan fingerprint density at radius 1 is 1.19 bits per heavy atom. The summed E-state index contributed by atoms with van der Waals surface area (Å²) in [4.78, 5) is 15.4. The third-order valence-electron chi connectivity index (χ3n) is 6.75. The van der Waals surface area contributed by atoms with Crippen LogP contribution in [0.15, 0.2) is 24.5 Å². The van der Waals surface area contributed by atoms with E-state index in [1.165, 1.54) is 0 Å². The molecule has 5 heterocycles. The molecule has 0 saturated carbocycles. The predicted molar refractivity (Wildman–Crippen MR) is 128 cm³/mol. The highest BCUT2D eigenvalue weighted by Gasteiger charge is 2.41. The molecule has 4 N–H and O–H groups in total. The fraction of sp³-hybridized carbons (Fsp3) is 0.409. The van der Waals surface area contributed by atoms with Crippen molar-refractivity contribution in [1.82, 2.24) is 24.7 Å². The third kappa shape index (κ3) is 3.16. The van der Waals surface area contributed by atoms with Gasteiger partial charge < -0.3 is 20.7 Å². The molecule has 0 amide bonds. The van der Waals surface area contributed by atoms with Crippen LogP contribution in [0.5, 0.6) is 0 Å². The topological polar surface area (TPSA) is 109 Å². The van der Waals surface area contributed by atoms with Crippen molar-refractivity contribution in [1.29, 1.82) is 0 Å². The number of aromatic nitrogens is 5. The van der Waals surface area contributed by atoms with Gasteiger partial charge in [0.15, 0.2) is 11.5 Å². The van der Waals surface area contributed by atoms with E-state index < -0.39 is 0 Å². The Bertz CT molecular complexity index is 1300. The van der Waals surface area contributed by atoms with Crippen molar-refractivity contribution in [2.75, 3.05) is 4.90 Å². The van der Waals surface area contributed by atoms with Gasteiger partial charge in [0.25, 0.3) is 0 Å². The zero-order chi connectivity index (χ0) is 21.3. The first-order valence-corrected chi connectivity index (χ1v) is 11.1. The lowest BCUT2D eigenvalue weighted by atomic mass is 9.98. The summed E-state index contributed by atoms with van der Waals surface area (Å²) in [6.45, 7) is -0.166. The molecule has 2 aliphatic rings. The van der Waals surface area contributed by atoms with Crippen molar-refractivity contribution in [3.8, 4) is 11.1 Å². The molecule has 2 fully saturated rings. The van der Waals surface area contributed by atoms with Gasteiger partial charge in [-0.05, 0) is 31.7 Å². The Morgan fingerprint density at radius 2 is 1.94 bits per heavy atom. The van der Waals surface area contributed by atoms with Gasteiger partial charge in [-0.25, -0.2) is 9.97 Å². The average Bonchev–Trinajstić information content (AvgIpc) is 3.41. The number of piperidine rings is 1. The molecule has 2 bridgehead atoms. The Hall–Kier alpha value is -2.39. The smallest absolute Gasteiger partial charge is 0.159 e. The fourth-order valence-electron chi connectivity index (χ4n) is 5.43. The van der Waals surface area contributed by atoms with Crippen molar-refractivity contribution in [2.24, 2.45) is 12.8 Å². The Kier molecular flexibility index (Phi) is 5.28. The highest BCUT2D eigenvalue weighted by Crippen LogP contribution is 2.41. The van der Waals surface area contributed by atoms with Crippen LogP contribution in [-0.2, 0) is 13.7 Å². The summed E-state index contributed by atoms with van der Waals surface area (Å²) in [5.41, 5.74) is 10.8. The van der Waals surface area contributed by atoms with Crippen molar-refractivity contribution in [2.45, 2.75) is 50.4 Å². The number of nitrogens with two attached hydrogens (primary N) is 1. The number of nitrogens with one attached hydrogen (secondary N) is 1. The second kappa shape index (κ2) is 7.88. The summed E-state index contributed by atoms with van der Waals surface area (Å²) in [6, 6.07) is 4.88. The molecule has 32 heavy (non-hydrogen) atoms. The van der Waals surface area contributed by atoms with Crippen LogP contribution in [-0.4, -0.2) is 48.0 Å². The predicted octanol–water partition coefficient (Wildman–Crippen LogP) is 3.54. The standard InChI is InChI=1S/C22H24ClN7O.ClH/c1-29-9-16-17(28-29)5-4-14(19(16)23)15-8-25-21-20(15)26-18(10-31)22(27-21)30-12-2-3-13(30)7-11(24)6-12;/h4-5,8-9,11-13,31H,2-3,6-7,10,24H2,1H3,(H,25,27);1H. The maximum Gasteiger partial charge on any atom is 0.159 e. The number of hydrogen-bond acceptors (Lipinski definition) is 6. The minimum atomic E-state index is -0.166. The van der Waals surface area contributed by atoms with Crippen molar-refractivity contribution >= 4 is 51.9 Å². The number of H-pyrrole nitrogens is 1. The Labute approximate surface area is 196 Å². The third-order valence-corrected chi connectivity index (χ3v) is 7.15. The number of aryl methyl sites for hydroxylation is 1. The summed E-state index contributed by atoms with van der Waals surface area (Å²) >= 11 is 6.75. The number of aliphatic hydroxyl groups is 1. The first kappa shape index (κ1) is 21.5. The van der Waals surface area contributed by atoms with E-state index >= 15 is 0 Å². The first-order valence-electron chi connectivity index (χ1n) is 10.7. The lowest BCUT2D eigenvalue weighted by molar-refractivity contribution is 0.276. The van der Waals surface area contributed by atoms with E-state index in [9.17, 15) is 5.11 Å². The molecule has 2 unspecified atom stereocenters. The number of aliphatic hydroxyl groups excluding tert-OH is 1. The fourth-order valence-corrected chi connectivity index (χ4v) is 5.74. The molecule has 0 radical (unpaired) electrons. The van der Waals surface area contributed by atoms with Crippen LogP contribution >= 0.6 is 24.0 Å². The number of rotatable bonds is 3. The number of fused-ring (bicyclic) bond motifs is 4. The van der Waals surface area contributed by atoms with Gasteiger partial charge >= 0.3 is 0 Å². The number of halogens is 2. The number of aromatic amines is 1. The van der Waals surface area contributed by atoms with Crippen LogP contribution in [0.25, 0.3) is 33.2 Å². The van der Waals surface area contributed by atoms with Gasteiger partial charge in [-0.3, -0.25) is 4.68 Å². The maximum atomic E-state index is 10.1. The van der Waals surface area contributed by atoms with E-state index in [0.29, 0.717) is 34.0 Å². The highest BCUT2D eigenvalue weighted by atomic mass is 35.5.